The highest BCUT2D eigenvalue weighted by atomic mass is 15.2. The van der Waals surface area contributed by atoms with Crippen molar-refractivity contribution in [2.75, 3.05) is 13.6 Å². The van der Waals surface area contributed by atoms with Gasteiger partial charge < -0.3 is 10.2 Å². The Morgan fingerprint density at radius 3 is 2.19 bits per heavy atom. The third-order valence-electron chi connectivity index (χ3n) is 2.51. The third kappa shape index (κ3) is 4.12. The monoisotopic (exact) mass is 225 g/mol. The fraction of sp³-hybridized carbons (Fsp3) is 0.923. The molecule has 0 aromatic carbocycles. The normalized spacial score (nSPS) is 25.6. The molecule has 94 valence electrons. The van der Waals surface area contributed by atoms with E-state index in [0.717, 1.165) is 13.0 Å². The van der Waals surface area contributed by atoms with Crippen molar-refractivity contribution in [1.82, 2.24) is 10.2 Å². The molecular formula is C13H27N3. The molecule has 1 heterocycles. The van der Waals surface area contributed by atoms with Gasteiger partial charge in [-0.25, -0.2) is 0 Å². The summed E-state index contributed by atoms with van der Waals surface area (Å²) in [7, 11) is 2.13. The van der Waals surface area contributed by atoms with E-state index in [9.17, 15) is 0 Å². The molecule has 1 saturated heterocycles. The number of nitrogens with zero attached hydrogens (tertiary/aromatic N) is 2. The van der Waals surface area contributed by atoms with E-state index in [-0.39, 0.29) is 11.1 Å². The topological polar surface area (TPSA) is 27.6 Å². The molecule has 0 radical (unpaired) electrons. The first-order valence-corrected chi connectivity index (χ1v) is 6.17. The predicted octanol–water partition coefficient (Wildman–Crippen LogP) is 2.28. The van der Waals surface area contributed by atoms with Crippen molar-refractivity contribution in [3.8, 4) is 0 Å². The molecule has 0 bridgehead atoms. The van der Waals surface area contributed by atoms with E-state index in [1.165, 1.54) is 5.84 Å². The van der Waals surface area contributed by atoms with Crippen LogP contribution in [0.5, 0.6) is 0 Å². The molecule has 1 rings (SSSR count). The lowest BCUT2D eigenvalue weighted by Crippen LogP contribution is -2.48. The number of likely N-dealkylation sites (N-methyl/N-ethyl adjacent to an activating group) is 1. The SMILES string of the molecule is CN1CCC(NC(C)(C)C)C1=NC(C)(C)C. The van der Waals surface area contributed by atoms with Crippen LogP contribution in [-0.2, 0) is 0 Å². The molecule has 1 atom stereocenters. The fourth-order valence-electron chi connectivity index (χ4n) is 2.00. The van der Waals surface area contributed by atoms with Crippen LogP contribution in [0, 0.1) is 0 Å². The lowest BCUT2D eigenvalue weighted by Gasteiger charge is -2.28. The van der Waals surface area contributed by atoms with Crippen LogP contribution in [0.2, 0.25) is 0 Å². The number of nitrogens with one attached hydrogen (secondary N) is 1. The quantitative estimate of drug-likeness (QED) is 0.741. The van der Waals surface area contributed by atoms with Gasteiger partial charge in [-0.1, -0.05) is 0 Å². The first kappa shape index (κ1) is 13.5. The molecule has 1 N–H and O–H groups in total. The lowest BCUT2D eigenvalue weighted by molar-refractivity contribution is 0.400. The standard InChI is InChI=1S/C13H27N3/c1-12(2,3)14-10-8-9-16(7)11(10)15-13(4,5)6/h10,14H,8-9H2,1-7H3. The minimum absolute atomic E-state index is 0.00570. The van der Waals surface area contributed by atoms with Crippen molar-refractivity contribution in [1.29, 1.82) is 0 Å². The molecule has 0 aliphatic carbocycles. The van der Waals surface area contributed by atoms with E-state index < -0.39 is 0 Å². The van der Waals surface area contributed by atoms with Crippen molar-refractivity contribution < 1.29 is 0 Å². The molecular weight excluding hydrogens is 198 g/mol. The zero-order valence-electron chi connectivity index (χ0n) is 11.9. The number of hydrogen-bond donors (Lipinski definition) is 1. The molecule has 1 unspecified atom stereocenters. The Kier molecular flexibility index (Phi) is 3.68. The molecule has 0 amide bonds. The van der Waals surface area contributed by atoms with Gasteiger partial charge in [0.1, 0.15) is 5.84 Å². The summed E-state index contributed by atoms with van der Waals surface area (Å²) < 4.78 is 0. The van der Waals surface area contributed by atoms with Gasteiger partial charge in [-0.05, 0) is 48.0 Å². The zero-order valence-corrected chi connectivity index (χ0v) is 11.9. The second-order valence-electron chi connectivity index (χ2n) is 6.80. The molecule has 3 nitrogen and oxygen atoms in total. The molecule has 16 heavy (non-hydrogen) atoms. The van der Waals surface area contributed by atoms with E-state index in [1.54, 1.807) is 0 Å². The van der Waals surface area contributed by atoms with Crippen LogP contribution in [0.1, 0.15) is 48.0 Å². The Labute approximate surface area is 100 Å². The molecule has 0 spiro atoms. The Balaban J connectivity index is 2.83. The van der Waals surface area contributed by atoms with Crippen molar-refractivity contribution in [2.45, 2.75) is 65.1 Å². The third-order valence-corrected chi connectivity index (χ3v) is 2.51. The van der Waals surface area contributed by atoms with Gasteiger partial charge in [0.15, 0.2) is 0 Å². The second-order valence-corrected chi connectivity index (χ2v) is 6.80. The number of hydrogen-bond acceptors (Lipinski definition) is 2. The summed E-state index contributed by atoms with van der Waals surface area (Å²) in [5.74, 6) is 1.21. The maximum absolute atomic E-state index is 4.84. The van der Waals surface area contributed by atoms with Crippen molar-refractivity contribution in [3.05, 3.63) is 0 Å². The highest BCUT2D eigenvalue weighted by Crippen LogP contribution is 2.18. The van der Waals surface area contributed by atoms with Gasteiger partial charge in [-0.15, -0.1) is 0 Å². The van der Waals surface area contributed by atoms with Gasteiger partial charge in [0.25, 0.3) is 0 Å². The van der Waals surface area contributed by atoms with Crippen molar-refractivity contribution >= 4 is 5.84 Å². The molecule has 1 aliphatic heterocycles. The predicted molar refractivity (Wildman–Crippen MR) is 71.1 cm³/mol. The van der Waals surface area contributed by atoms with Gasteiger partial charge in [0.2, 0.25) is 0 Å². The zero-order chi connectivity index (χ0) is 12.6. The summed E-state index contributed by atoms with van der Waals surface area (Å²) in [6, 6.07) is 0.407. The van der Waals surface area contributed by atoms with Crippen LogP contribution < -0.4 is 5.32 Å². The van der Waals surface area contributed by atoms with E-state index >= 15 is 0 Å². The summed E-state index contributed by atoms with van der Waals surface area (Å²) in [4.78, 5) is 7.11. The number of amidine groups is 1. The van der Waals surface area contributed by atoms with Crippen molar-refractivity contribution in [3.63, 3.8) is 0 Å². The number of rotatable bonds is 1. The maximum atomic E-state index is 4.84. The average Bonchev–Trinajstić information content (AvgIpc) is 2.30. The number of aliphatic imine (C=N–C) groups is 1. The smallest absolute Gasteiger partial charge is 0.117 e. The maximum Gasteiger partial charge on any atom is 0.117 e. The van der Waals surface area contributed by atoms with E-state index in [1.807, 2.05) is 0 Å². The second kappa shape index (κ2) is 4.36. The minimum atomic E-state index is 0.00570. The average molecular weight is 225 g/mol. The molecule has 0 aromatic heterocycles. The van der Waals surface area contributed by atoms with Crippen LogP contribution in [0.3, 0.4) is 0 Å². The fourth-order valence-corrected chi connectivity index (χ4v) is 2.00. The van der Waals surface area contributed by atoms with Crippen LogP contribution in [0.25, 0.3) is 0 Å². The van der Waals surface area contributed by atoms with E-state index in [0.29, 0.717) is 6.04 Å². The van der Waals surface area contributed by atoms with Crippen LogP contribution in [0.4, 0.5) is 0 Å². The first-order valence-electron chi connectivity index (χ1n) is 6.17. The first-order chi connectivity index (χ1) is 7.08. The summed E-state index contributed by atoms with van der Waals surface area (Å²) in [5, 5.41) is 3.65. The Morgan fingerprint density at radius 1 is 1.19 bits per heavy atom. The van der Waals surface area contributed by atoms with Gasteiger partial charge in [0.05, 0.1) is 11.6 Å². The molecule has 1 fully saturated rings. The van der Waals surface area contributed by atoms with Gasteiger partial charge in [-0.2, -0.15) is 0 Å². The minimum Gasteiger partial charge on any atom is -0.362 e. The van der Waals surface area contributed by atoms with Gasteiger partial charge in [0, 0.05) is 19.1 Å². The van der Waals surface area contributed by atoms with Crippen LogP contribution >= 0.6 is 0 Å². The summed E-state index contributed by atoms with van der Waals surface area (Å²) >= 11 is 0. The highest BCUT2D eigenvalue weighted by Gasteiger charge is 2.30. The summed E-state index contributed by atoms with van der Waals surface area (Å²) in [5.41, 5.74) is 0.153. The molecule has 3 heteroatoms. The summed E-state index contributed by atoms with van der Waals surface area (Å²) in [6.45, 7) is 14.2. The lowest BCUT2D eigenvalue weighted by atomic mass is 10.1. The Hall–Kier alpha value is -0.570. The molecule has 0 saturated carbocycles. The van der Waals surface area contributed by atoms with E-state index in [2.05, 4.69) is 58.8 Å². The van der Waals surface area contributed by atoms with Crippen LogP contribution in [-0.4, -0.2) is 41.4 Å². The molecule has 0 aromatic rings. The van der Waals surface area contributed by atoms with E-state index in [4.69, 9.17) is 4.99 Å². The largest absolute Gasteiger partial charge is 0.362 e. The van der Waals surface area contributed by atoms with Crippen molar-refractivity contribution in [2.24, 2.45) is 4.99 Å². The van der Waals surface area contributed by atoms with Crippen LogP contribution in [0.15, 0.2) is 4.99 Å². The highest BCUT2D eigenvalue weighted by molar-refractivity contribution is 5.89. The summed E-state index contributed by atoms with van der Waals surface area (Å²) in [6.07, 6.45) is 1.16. The van der Waals surface area contributed by atoms with Gasteiger partial charge >= 0.3 is 0 Å². The molecule has 1 aliphatic rings. The Bertz CT molecular complexity index is 268. The number of likely N-dealkylation sites (tertiary alicyclic amines) is 1. The van der Waals surface area contributed by atoms with Gasteiger partial charge in [-0.3, -0.25) is 4.99 Å². The Morgan fingerprint density at radius 2 is 1.75 bits per heavy atom.